The van der Waals surface area contributed by atoms with Crippen molar-refractivity contribution in [2.24, 2.45) is 5.92 Å². The molecule has 34 heavy (non-hydrogen) atoms. The summed E-state index contributed by atoms with van der Waals surface area (Å²) in [7, 11) is 0. The summed E-state index contributed by atoms with van der Waals surface area (Å²) in [6.07, 6.45) is 0.276. The number of hydrogen-bond donors (Lipinski definition) is 0. The van der Waals surface area contributed by atoms with E-state index >= 15 is 0 Å². The third-order valence-corrected chi connectivity index (χ3v) is 7.91. The molecule has 0 aliphatic carbocycles. The molecule has 2 saturated heterocycles. The Morgan fingerprint density at radius 1 is 1.12 bits per heavy atom. The quantitative estimate of drug-likeness (QED) is 0.445. The molecule has 0 spiro atoms. The van der Waals surface area contributed by atoms with Gasteiger partial charge < -0.3 is 9.80 Å². The summed E-state index contributed by atoms with van der Waals surface area (Å²) in [5.74, 6) is -0.181. The monoisotopic (exact) mass is 558 g/mol. The molecule has 0 bridgehead atoms. The maximum absolute atomic E-state index is 13.1. The zero-order valence-electron chi connectivity index (χ0n) is 18.5. The molecule has 176 valence electrons. The van der Waals surface area contributed by atoms with E-state index in [1.54, 1.807) is 16.2 Å². The van der Waals surface area contributed by atoms with Crippen LogP contribution in [0.3, 0.4) is 0 Å². The van der Waals surface area contributed by atoms with E-state index < -0.39 is 0 Å². The lowest BCUT2D eigenvalue weighted by Crippen LogP contribution is -2.50. The van der Waals surface area contributed by atoms with Crippen molar-refractivity contribution in [3.63, 3.8) is 0 Å². The molecule has 2 aliphatic rings. The molecule has 1 unspecified atom stereocenters. The number of carbonyl (C=O) groups is 2. The molecule has 1 atom stereocenters. The van der Waals surface area contributed by atoms with E-state index in [0.29, 0.717) is 19.6 Å². The molecule has 3 aromatic rings. The topological polar surface area (TPSA) is 56.8 Å². The second-order valence-corrected chi connectivity index (χ2v) is 10.9. The number of nitrogens with zero attached hydrogens (tertiary/aromatic N) is 4. The van der Waals surface area contributed by atoms with E-state index in [1.165, 1.54) is 0 Å². The van der Waals surface area contributed by atoms with Crippen molar-refractivity contribution in [1.82, 2.24) is 14.8 Å². The summed E-state index contributed by atoms with van der Waals surface area (Å²) >= 11 is 11.1. The van der Waals surface area contributed by atoms with E-state index in [1.807, 2.05) is 53.4 Å². The van der Waals surface area contributed by atoms with Gasteiger partial charge in [-0.05, 0) is 30.3 Å². The van der Waals surface area contributed by atoms with Crippen molar-refractivity contribution < 1.29 is 9.59 Å². The molecule has 2 amide bonds. The molecule has 1 aromatic heterocycles. The summed E-state index contributed by atoms with van der Waals surface area (Å²) in [5, 5.41) is 3.86. The van der Waals surface area contributed by atoms with Gasteiger partial charge in [-0.2, -0.15) is 0 Å². The molecule has 9 heteroatoms. The Hall–Kier alpha value is -2.26. The number of hydrogen-bond acceptors (Lipinski definition) is 5. The van der Waals surface area contributed by atoms with E-state index in [0.717, 1.165) is 51.1 Å². The third-order valence-electron chi connectivity index (χ3n) is 6.33. The molecule has 6 nitrogen and oxygen atoms in total. The van der Waals surface area contributed by atoms with Gasteiger partial charge in [0.25, 0.3) is 0 Å². The van der Waals surface area contributed by atoms with Gasteiger partial charge in [-0.3, -0.25) is 14.5 Å². The molecule has 0 radical (unpaired) electrons. The summed E-state index contributed by atoms with van der Waals surface area (Å²) in [5.41, 5.74) is 2.86. The van der Waals surface area contributed by atoms with Crippen LogP contribution in [0.4, 0.5) is 5.69 Å². The molecular formula is C25H24BrClN4O2S. The maximum Gasteiger partial charge on any atom is 0.228 e. The van der Waals surface area contributed by atoms with Crippen LogP contribution in [0, 0.1) is 5.92 Å². The lowest BCUT2D eigenvalue weighted by molar-refractivity contribution is -0.137. The third kappa shape index (κ3) is 5.20. The van der Waals surface area contributed by atoms with Crippen LogP contribution < -0.4 is 4.90 Å². The van der Waals surface area contributed by atoms with E-state index in [9.17, 15) is 9.59 Å². The summed E-state index contributed by atoms with van der Waals surface area (Å²) in [6, 6.07) is 15.4. The highest BCUT2D eigenvalue weighted by Crippen LogP contribution is 2.29. The van der Waals surface area contributed by atoms with Gasteiger partial charge in [-0.25, -0.2) is 4.98 Å². The van der Waals surface area contributed by atoms with Crippen LogP contribution in [0.25, 0.3) is 11.3 Å². The molecule has 0 N–H and O–H groups in total. The first-order valence-corrected chi connectivity index (χ1v) is 13.3. The number of thiazole rings is 1. The Bertz CT molecular complexity index is 1190. The highest BCUT2D eigenvalue weighted by atomic mass is 79.9. The normalized spacial score (nSPS) is 19.1. The van der Waals surface area contributed by atoms with Gasteiger partial charge in [-0.1, -0.05) is 45.7 Å². The molecular weight excluding hydrogens is 536 g/mol. The average molecular weight is 560 g/mol. The Labute approximate surface area is 216 Å². The van der Waals surface area contributed by atoms with Gasteiger partial charge in [0.2, 0.25) is 11.8 Å². The zero-order valence-corrected chi connectivity index (χ0v) is 21.7. The summed E-state index contributed by atoms with van der Waals surface area (Å²) in [4.78, 5) is 36.5. The first kappa shape index (κ1) is 23.5. The predicted molar refractivity (Wildman–Crippen MR) is 139 cm³/mol. The van der Waals surface area contributed by atoms with E-state index in [2.05, 4.69) is 26.2 Å². The Morgan fingerprint density at radius 3 is 2.62 bits per heavy atom. The maximum atomic E-state index is 13.1. The van der Waals surface area contributed by atoms with Crippen LogP contribution in [0.5, 0.6) is 0 Å². The Balaban J connectivity index is 1.14. The van der Waals surface area contributed by atoms with Crippen LogP contribution in [-0.2, 0) is 16.1 Å². The van der Waals surface area contributed by atoms with Gasteiger partial charge in [0, 0.05) is 65.3 Å². The predicted octanol–water partition coefficient (Wildman–Crippen LogP) is 4.92. The van der Waals surface area contributed by atoms with Crippen LogP contribution >= 0.6 is 38.9 Å². The SMILES string of the molecule is O=C(C1CC(=O)N(c2cccc(Br)c2)C1)N1CCN(Cc2nc(-c3ccc(Cl)cc3)cs2)CC1. The van der Waals surface area contributed by atoms with Gasteiger partial charge in [0.15, 0.2) is 0 Å². The highest BCUT2D eigenvalue weighted by molar-refractivity contribution is 9.10. The highest BCUT2D eigenvalue weighted by Gasteiger charge is 2.38. The average Bonchev–Trinajstić information content (AvgIpc) is 3.46. The van der Waals surface area contributed by atoms with Crippen molar-refractivity contribution in [2.75, 3.05) is 37.6 Å². The number of halogens is 2. The molecule has 2 aliphatic heterocycles. The van der Waals surface area contributed by atoms with Gasteiger partial charge in [0.05, 0.1) is 18.2 Å². The Kier molecular flexibility index (Phi) is 7.01. The standard InChI is InChI=1S/C25H24BrClN4O2S/c26-19-2-1-3-21(13-19)31-14-18(12-24(31)32)25(33)30-10-8-29(9-11-30)15-23-28-22(16-34-23)17-4-6-20(27)7-5-17/h1-7,13,16,18H,8-12,14-15H2. The van der Waals surface area contributed by atoms with Crippen LogP contribution in [0.2, 0.25) is 5.02 Å². The van der Waals surface area contributed by atoms with E-state index in [4.69, 9.17) is 16.6 Å². The first-order valence-electron chi connectivity index (χ1n) is 11.2. The molecule has 2 aromatic carbocycles. The van der Waals surface area contributed by atoms with Crippen molar-refractivity contribution in [1.29, 1.82) is 0 Å². The number of carbonyl (C=O) groups excluding carboxylic acids is 2. The second-order valence-electron chi connectivity index (χ2n) is 8.62. The molecule has 2 fully saturated rings. The smallest absolute Gasteiger partial charge is 0.228 e. The van der Waals surface area contributed by atoms with Gasteiger partial charge in [0.1, 0.15) is 5.01 Å². The summed E-state index contributed by atoms with van der Waals surface area (Å²) < 4.78 is 0.921. The first-order chi connectivity index (χ1) is 16.5. The Morgan fingerprint density at radius 2 is 1.88 bits per heavy atom. The minimum atomic E-state index is -0.279. The van der Waals surface area contributed by atoms with Crippen LogP contribution in [0.15, 0.2) is 58.4 Å². The van der Waals surface area contributed by atoms with Gasteiger partial charge >= 0.3 is 0 Å². The van der Waals surface area contributed by atoms with Crippen molar-refractivity contribution >= 4 is 56.4 Å². The number of piperazine rings is 1. The number of amides is 2. The molecule has 0 saturated carbocycles. The van der Waals surface area contributed by atoms with Crippen LogP contribution in [-0.4, -0.2) is 59.3 Å². The zero-order chi connectivity index (χ0) is 23.7. The van der Waals surface area contributed by atoms with Crippen molar-refractivity contribution in [3.05, 3.63) is 68.4 Å². The summed E-state index contributed by atoms with van der Waals surface area (Å²) in [6.45, 7) is 4.18. The molecule has 5 rings (SSSR count). The van der Waals surface area contributed by atoms with E-state index in [-0.39, 0.29) is 24.2 Å². The minimum absolute atomic E-state index is 0.00958. The van der Waals surface area contributed by atoms with Crippen LogP contribution in [0.1, 0.15) is 11.4 Å². The number of benzene rings is 2. The second kappa shape index (κ2) is 10.2. The fourth-order valence-electron chi connectivity index (χ4n) is 4.48. The fourth-order valence-corrected chi connectivity index (χ4v) is 5.84. The minimum Gasteiger partial charge on any atom is -0.340 e. The number of aromatic nitrogens is 1. The number of rotatable bonds is 5. The van der Waals surface area contributed by atoms with Crippen molar-refractivity contribution in [3.8, 4) is 11.3 Å². The molecule has 3 heterocycles. The number of anilines is 1. The van der Waals surface area contributed by atoms with Gasteiger partial charge in [-0.15, -0.1) is 11.3 Å². The lowest BCUT2D eigenvalue weighted by atomic mass is 10.1. The van der Waals surface area contributed by atoms with Crippen molar-refractivity contribution in [2.45, 2.75) is 13.0 Å². The fraction of sp³-hybridized carbons (Fsp3) is 0.320. The largest absolute Gasteiger partial charge is 0.340 e. The lowest BCUT2D eigenvalue weighted by Gasteiger charge is -2.35.